The van der Waals surface area contributed by atoms with Gasteiger partial charge in [0.05, 0.1) is 5.56 Å². The third-order valence-corrected chi connectivity index (χ3v) is 3.71. The molecular formula is C13H15BrFN3O2. The summed E-state index contributed by atoms with van der Waals surface area (Å²) in [6.07, 6.45) is 0. The fourth-order valence-electron chi connectivity index (χ4n) is 2.17. The highest BCUT2D eigenvalue weighted by Crippen LogP contribution is 2.18. The molecule has 5 nitrogen and oxygen atoms in total. The number of carbonyl (C=O) groups excluding carboxylic acids is 2. The molecule has 0 aliphatic carbocycles. The molecule has 0 aromatic heterocycles. The van der Waals surface area contributed by atoms with Gasteiger partial charge in [-0.2, -0.15) is 0 Å². The zero-order chi connectivity index (χ0) is 14.7. The van der Waals surface area contributed by atoms with Crippen LogP contribution in [0.1, 0.15) is 10.4 Å². The average Bonchev–Trinajstić information content (AvgIpc) is 2.46. The molecule has 1 aromatic rings. The minimum Gasteiger partial charge on any atom is -0.357 e. The van der Waals surface area contributed by atoms with E-state index in [-0.39, 0.29) is 11.5 Å². The number of piperazine rings is 1. The molecule has 1 fully saturated rings. The number of halogens is 2. The molecular weight excluding hydrogens is 329 g/mol. The molecule has 1 unspecified atom stereocenters. The van der Waals surface area contributed by atoms with Crippen LogP contribution in [0.5, 0.6) is 0 Å². The van der Waals surface area contributed by atoms with Crippen molar-refractivity contribution < 1.29 is 14.0 Å². The smallest absolute Gasteiger partial charge is 0.257 e. The number of hydrogen-bond donors (Lipinski definition) is 2. The normalized spacial score (nSPS) is 18.8. The van der Waals surface area contributed by atoms with E-state index in [2.05, 4.69) is 26.6 Å². The first-order valence-electron chi connectivity index (χ1n) is 6.23. The van der Waals surface area contributed by atoms with E-state index in [9.17, 15) is 14.0 Å². The first-order valence-corrected chi connectivity index (χ1v) is 7.02. The van der Waals surface area contributed by atoms with Crippen molar-refractivity contribution in [1.29, 1.82) is 0 Å². The topological polar surface area (TPSA) is 61.4 Å². The third kappa shape index (κ3) is 2.99. The summed E-state index contributed by atoms with van der Waals surface area (Å²) >= 11 is 3.15. The SMILES string of the molecule is CNC(=O)C1CNCCN1C(=O)c1ccc(Br)cc1F. The van der Waals surface area contributed by atoms with Gasteiger partial charge in [-0.15, -0.1) is 0 Å². The maximum atomic E-state index is 13.9. The molecule has 1 atom stereocenters. The highest BCUT2D eigenvalue weighted by Gasteiger charge is 2.32. The van der Waals surface area contributed by atoms with Gasteiger partial charge < -0.3 is 15.5 Å². The second-order valence-electron chi connectivity index (χ2n) is 4.46. The van der Waals surface area contributed by atoms with Crippen LogP contribution in [-0.2, 0) is 4.79 Å². The quantitative estimate of drug-likeness (QED) is 0.832. The van der Waals surface area contributed by atoms with Gasteiger partial charge >= 0.3 is 0 Å². The van der Waals surface area contributed by atoms with Gasteiger partial charge in [0.2, 0.25) is 5.91 Å². The fraction of sp³-hybridized carbons (Fsp3) is 0.385. The van der Waals surface area contributed by atoms with E-state index >= 15 is 0 Å². The molecule has 1 aromatic carbocycles. The highest BCUT2D eigenvalue weighted by atomic mass is 79.9. The molecule has 0 radical (unpaired) electrons. The van der Waals surface area contributed by atoms with Gasteiger partial charge in [0.15, 0.2) is 0 Å². The van der Waals surface area contributed by atoms with Crippen molar-refractivity contribution in [2.24, 2.45) is 0 Å². The Kier molecular flexibility index (Phi) is 4.72. The summed E-state index contributed by atoms with van der Waals surface area (Å²) in [7, 11) is 1.51. The van der Waals surface area contributed by atoms with Crippen LogP contribution in [0, 0.1) is 5.82 Å². The summed E-state index contributed by atoms with van der Waals surface area (Å²) in [5.41, 5.74) is -0.0241. The lowest BCUT2D eigenvalue weighted by Gasteiger charge is -2.35. The third-order valence-electron chi connectivity index (χ3n) is 3.21. The molecule has 1 heterocycles. The first-order chi connectivity index (χ1) is 9.54. The molecule has 20 heavy (non-hydrogen) atoms. The Morgan fingerprint density at radius 1 is 1.50 bits per heavy atom. The first kappa shape index (κ1) is 14.9. The van der Waals surface area contributed by atoms with E-state index < -0.39 is 17.8 Å². The van der Waals surface area contributed by atoms with E-state index in [4.69, 9.17) is 0 Å². The van der Waals surface area contributed by atoms with Gasteiger partial charge in [-0.1, -0.05) is 15.9 Å². The van der Waals surface area contributed by atoms with Crippen molar-refractivity contribution in [3.63, 3.8) is 0 Å². The highest BCUT2D eigenvalue weighted by molar-refractivity contribution is 9.10. The maximum absolute atomic E-state index is 13.9. The van der Waals surface area contributed by atoms with Gasteiger partial charge in [-0.3, -0.25) is 9.59 Å². The molecule has 1 aliphatic heterocycles. The summed E-state index contributed by atoms with van der Waals surface area (Å²) in [4.78, 5) is 25.6. The van der Waals surface area contributed by atoms with Crippen LogP contribution in [0.25, 0.3) is 0 Å². The number of rotatable bonds is 2. The lowest BCUT2D eigenvalue weighted by molar-refractivity contribution is -0.125. The van der Waals surface area contributed by atoms with E-state index in [1.54, 1.807) is 6.07 Å². The van der Waals surface area contributed by atoms with E-state index in [0.717, 1.165) is 0 Å². The number of likely N-dealkylation sites (N-methyl/N-ethyl adjacent to an activating group) is 1. The number of hydrogen-bond acceptors (Lipinski definition) is 3. The predicted octanol–water partition coefficient (Wildman–Crippen LogP) is 0.748. The minimum absolute atomic E-state index is 0.0241. The van der Waals surface area contributed by atoms with Crippen LogP contribution in [0.3, 0.4) is 0 Å². The lowest BCUT2D eigenvalue weighted by Crippen LogP contribution is -2.59. The second-order valence-corrected chi connectivity index (χ2v) is 5.37. The van der Waals surface area contributed by atoms with E-state index in [1.807, 2.05) is 0 Å². The molecule has 2 amide bonds. The molecule has 2 rings (SSSR count). The molecule has 0 bridgehead atoms. The molecule has 1 saturated heterocycles. The monoisotopic (exact) mass is 343 g/mol. The van der Waals surface area contributed by atoms with Crippen LogP contribution >= 0.6 is 15.9 Å². The van der Waals surface area contributed by atoms with Crippen molar-refractivity contribution >= 4 is 27.7 Å². The zero-order valence-electron chi connectivity index (χ0n) is 11.0. The fourth-order valence-corrected chi connectivity index (χ4v) is 2.50. The van der Waals surface area contributed by atoms with Crippen molar-refractivity contribution in [1.82, 2.24) is 15.5 Å². The van der Waals surface area contributed by atoms with Crippen molar-refractivity contribution in [3.05, 3.63) is 34.1 Å². The van der Waals surface area contributed by atoms with Gasteiger partial charge in [0, 0.05) is 31.2 Å². The van der Waals surface area contributed by atoms with Crippen LogP contribution in [0.15, 0.2) is 22.7 Å². The molecule has 0 saturated carbocycles. The van der Waals surface area contributed by atoms with Gasteiger partial charge in [-0.25, -0.2) is 4.39 Å². The summed E-state index contributed by atoms with van der Waals surface area (Å²) in [5, 5.41) is 5.57. The standard InChI is InChI=1S/C13H15BrFN3O2/c1-16-12(19)11-7-17-4-5-18(11)13(20)9-3-2-8(14)6-10(9)15/h2-3,6,11,17H,4-5,7H2,1H3,(H,16,19). The predicted molar refractivity (Wildman–Crippen MR) is 75.9 cm³/mol. The largest absolute Gasteiger partial charge is 0.357 e. The van der Waals surface area contributed by atoms with E-state index in [1.165, 1.54) is 24.1 Å². The summed E-state index contributed by atoms with van der Waals surface area (Å²) in [6, 6.07) is 3.65. The van der Waals surface area contributed by atoms with Gasteiger partial charge in [0.1, 0.15) is 11.9 Å². The Morgan fingerprint density at radius 3 is 2.90 bits per heavy atom. The van der Waals surface area contributed by atoms with Crippen LogP contribution in [-0.4, -0.2) is 49.4 Å². The number of nitrogens with zero attached hydrogens (tertiary/aromatic N) is 1. The Labute approximate surface area is 124 Å². The molecule has 0 spiro atoms. The molecule has 1 aliphatic rings. The summed E-state index contributed by atoms with van der Waals surface area (Å²) in [5.74, 6) is -1.33. The Bertz CT molecular complexity index is 538. The van der Waals surface area contributed by atoms with Gasteiger partial charge in [-0.05, 0) is 18.2 Å². The number of amides is 2. The van der Waals surface area contributed by atoms with Crippen molar-refractivity contribution in [3.8, 4) is 0 Å². The van der Waals surface area contributed by atoms with Crippen molar-refractivity contribution in [2.45, 2.75) is 6.04 Å². The molecule has 108 valence electrons. The Balaban J connectivity index is 2.27. The minimum atomic E-state index is -0.621. The molecule has 7 heteroatoms. The number of nitrogens with one attached hydrogen (secondary N) is 2. The van der Waals surface area contributed by atoms with E-state index in [0.29, 0.717) is 24.1 Å². The lowest BCUT2D eigenvalue weighted by atomic mass is 10.1. The van der Waals surface area contributed by atoms with Gasteiger partial charge in [0.25, 0.3) is 5.91 Å². The van der Waals surface area contributed by atoms with Crippen molar-refractivity contribution in [2.75, 3.05) is 26.7 Å². The maximum Gasteiger partial charge on any atom is 0.257 e. The zero-order valence-corrected chi connectivity index (χ0v) is 12.5. The number of carbonyl (C=O) groups is 2. The van der Waals surface area contributed by atoms with Crippen LogP contribution in [0.2, 0.25) is 0 Å². The van der Waals surface area contributed by atoms with Crippen LogP contribution < -0.4 is 10.6 Å². The Morgan fingerprint density at radius 2 is 2.25 bits per heavy atom. The van der Waals surface area contributed by atoms with Crippen LogP contribution in [0.4, 0.5) is 4.39 Å². The summed E-state index contributed by atoms with van der Waals surface area (Å²) in [6.45, 7) is 1.31. The summed E-state index contributed by atoms with van der Waals surface area (Å²) < 4.78 is 14.4. The number of benzene rings is 1. The molecule has 2 N–H and O–H groups in total. The Hall–Kier alpha value is -1.47. The average molecular weight is 344 g/mol. The second kappa shape index (κ2) is 6.32.